The Bertz CT molecular complexity index is 1490. The van der Waals surface area contributed by atoms with Crippen molar-refractivity contribution in [3.63, 3.8) is 0 Å². The molecule has 0 aliphatic rings. The summed E-state index contributed by atoms with van der Waals surface area (Å²) in [4.78, 5) is 41.0. The molecule has 0 bridgehead atoms. The summed E-state index contributed by atoms with van der Waals surface area (Å²) >= 11 is 0. The monoisotopic (exact) mass is 515 g/mol. The van der Waals surface area contributed by atoms with Crippen LogP contribution < -0.4 is 21.1 Å². The number of nitrogens with zero attached hydrogens (tertiary/aromatic N) is 5. The topological polar surface area (TPSA) is 121 Å². The molecule has 0 saturated carbocycles. The van der Waals surface area contributed by atoms with Gasteiger partial charge in [-0.15, -0.1) is 0 Å². The predicted molar refractivity (Wildman–Crippen MR) is 112 cm³/mol. The molecule has 1 atom stereocenters. The summed E-state index contributed by atoms with van der Waals surface area (Å²) in [6, 6.07) is 2.71. The number of anilines is 1. The van der Waals surface area contributed by atoms with Crippen LogP contribution >= 0.6 is 0 Å². The van der Waals surface area contributed by atoms with E-state index in [1.54, 1.807) is 0 Å². The van der Waals surface area contributed by atoms with Crippen LogP contribution in [0.3, 0.4) is 0 Å². The molecule has 0 aliphatic carbocycles. The maximum Gasteiger partial charge on any atom is 0.417 e. The predicted octanol–water partition coefficient (Wildman–Crippen LogP) is 3.19. The largest absolute Gasteiger partial charge is 0.417 e. The first-order valence-corrected chi connectivity index (χ1v) is 10.0. The lowest BCUT2D eigenvalue weighted by Crippen LogP contribution is -2.38. The summed E-state index contributed by atoms with van der Waals surface area (Å²) in [7, 11) is 0. The Hall–Kier alpha value is -4.37. The number of pyridine rings is 1. The fourth-order valence-electron chi connectivity index (χ4n) is 3.07. The Labute approximate surface area is 196 Å². The van der Waals surface area contributed by atoms with Crippen molar-refractivity contribution in [2.75, 3.05) is 11.6 Å². The summed E-state index contributed by atoms with van der Waals surface area (Å²) in [5.74, 6) is -2.39. The molecule has 2 N–H and O–H groups in total. The van der Waals surface area contributed by atoms with Crippen LogP contribution in [0.25, 0.3) is 16.9 Å². The molecule has 10 nitrogen and oxygen atoms in total. The molecule has 0 radical (unpaired) electrons. The highest BCUT2D eigenvalue weighted by molar-refractivity contribution is 5.73. The van der Waals surface area contributed by atoms with Gasteiger partial charge in [-0.3, -0.25) is 9.78 Å². The van der Waals surface area contributed by atoms with Crippen LogP contribution in [0, 0.1) is 5.92 Å². The molecule has 0 spiro atoms. The number of nitrogens with one attached hydrogen (secondary N) is 2. The van der Waals surface area contributed by atoms with E-state index in [0.717, 1.165) is 28.8 Å². The SMILES string of the molecule is CC(CN(Oc1ccc(C(F)(F)F)cn1)c1cc(-c2c[nH]c(=O)[nH]c2=O)nn2ccnc12)C(F)(F)F. The number of imidazole rings is 1. The molecule has 36 heavy (non-hydrogen) atoms. The lowest BCUT2D eigenvalue weighted by atomic mass is 10.1. The second kappa shape index (κ2) is 9.01. The molecule has 0 saturated heterocycles. The first-order valence-electron chi connectivity index (χ1n) is 10.0. The number of rotatable bonds is 6. The minimum Gasteiger partial charge on any atom is -0.359 e. The van der Waals surface area contributed by atoms with Crippen molar-refractivity contribution in [1.29, 1.82) is 0 Å². The molecular weight excluding hydrogens is 500 g/mol. The molecule has 1 unspecified atom stereocenters. The van der Waals surface area contributed by atoms with E-state index in [4.69, 9.17) is 4.84 Å². The zero-order chi connectivity index (χ0) is 26.3. The van der Waals surface area contributed by atoms with Crippen molar-refractivity contribution in [3.05, 3.63) is 69.4 Å². The van der Waals surface area contributed by atoms with Crippen LogP contribution in [0.2, 0.25) is 0 Å². The van der Waals surface area contributed by atoms with Crippen LogP contribution in [0.15, 0.2) is 52.6 Å². The van der Waals surface area contributed by atoms with Gasteiger partial charge in [0.1, 0.15) is 11.4 Å². The number of alkyl halides is 6. The number of aromatic amines is 2. The molecule has 0 aromatic carbocycles. The Morgan fingerprint density at radius 1 is 1.14 bits per heavy atom. The molecule has 16 heteroatoms. The van der Waals surface area contributed by atoms with Gasteiger partial charge >= 0.3 is 18.0 Å². The summed E-state index contributed by atoms with van der Waals surface area (Å²) < 4.78 is 80.0. The average Bonchev–Trinajstić information content (AvgIpc) is 3.26. The molecule has 190 valence electrons. The van der Waals surface area contributed by atoms with E-state index in [2.05, 4.69) is 20.1 Å². The first-order chi connectivity index (χ1) is 16.8. The first kappa shape index (κ1) is 24.7. The van der Waals surface area contributed by atoms with Crippen molar-refractivity contribution in [3.8, 4) is 17.1 Å². The number of halogens is 6. The highest BCUT2D eigenvalue weighted by atomic mass is 19.4. The van der Waals surface area contributed by atoms with E-state index in [1.807, 2.05) is 4.98 Å². The quantitative estimate of drug-likeness (QED) is 0.299. The van der Waals surface area contributed by atoms with Crippen LogP contribution in [-0.2, 0) is 6.18 Å². The number of fused-ring (bicyclic) bond motifs is 1. The van der Waals surface area contributed by atoms with Crippen molar-refractivity contribution in [2.45, 2.75) is 19.3 Å². The highest BCUT2D eigenvalue weighted by Gasteiger charge is 2.38. The summed E-state index contributed by atoms with van der Waals surface area (Å²) in [6.07, 6.45) is -5.15. The number of hydrogen-bond acceptors (Lipinski definition) is 7. The standard InChI is InChI=1S/C20H15F6N7O3/c1-10(19(21,22)23)9-33(36-15-3-2-11(7-28-15)20(24,25)26)14-6-13(31-32-5-4-27-16(14)32)12-8-29-18(35)30-17(12)34/h2-8,10H,9H2,1H3,(H2,29,30,34,35). The third-order valence-corrected chi connectivity index (χ3v) is 4.97. The summed E-state index contributed by atoms with van der Waals surface area (Å²) in [5, 5.41) is 4.93. The Morgan fingerprint density at radius 2 is 1.89 bits per heavy atom. The van der Waals surface area contributed by atoms with Gasteiger partial charge in [-0.05, 0) is 12.1 Å². The summed E-state index contributed by atoms with van der Waals surface area (Å²) in [5.41, 5.74) is -2.97. The van der Waals surface area contributed by atoms with Crippen molar-refractivity contribution >= 4 is 11.3 Å². The maximum atomic E-state index is 13.4. The average molecular weight is 515 g/mol. The van der Waals surface area contributed by atoms with Crippen molar-refractivity contribution < 1.29 is 31.2 Å². The van der Waals surface area contributed by atoms with Crippen LogP contribution in [0.4, 0.5) is 32.0 Å². The minimum atomic E-state index is -4.68. The molecule has 4 heterocycles. The Morgan fingerprint density at radius 3 is 2.50 bits per heavy atom. The van der Waals surface area contributed by atoms with Gasteiger partial charge in [-0.1, -0.05) is 6.92 Å². The number of aromatic nitrogens is 6. The fraction of sp³-hybridized carbons (Fsp3) is 0.250. The van der Waals surface area contributed by atoms with Gasteiger partial charge in [0.25, 0.3) is 5.56 Å². The van der Waals surface area contributed by atoms with E-state index in [9.17, 15) is 35.9 Å². The van der Waals surface area contributed by atoms with Gasteiger partial charge in [-0.25, -0.2) is 24.3 Å². The number of hydrogen-bond donors (Lipinski definition) is 2. The van der Waals surface area contributed by atoms with Gasteiger partial charge < -0.3 is 9.82 Å². The lowest BCUT2D eigenvalue weighted by Gasteiger charge is -2.28. The second-order valence-corrected chi connectivity index (χ2v) is 7.57. The maximum absolute atomic E-state index is 13.4. The Balaban J connectivity index is 1.82. The van der Waals surface area contributed by atoms with Gasteiger partial charge in [0.05, 0.1) is 23.6 Å². The van der Waals surface area contributed by atoms with Gasteiger partial charge in [0, 0.05) is 30.9 Å². The van der Waals surface area contributed by atoms with E-state index < -0.39 is 47.5 Å². The zero-order valence-electron chi connectivity index (χ0n) is 18.1. The lowest BCUT2D eigenvalue weighted by molar-refractivity contribution is -0.168. The van der Waals surface area contributed by atoms with Gasteiger partial charge in [0.2, 0.25) is 5.88 Å². The van der Waals surface area contributed by atoms with Crippen LogP contribution in [-0.4, -0.2) is 42.3 Å². The molecular formula is C20H15F6N7O3. The van der Waals surface area contributed by atoms with Crippen molar-refractivity contribution in [1.82, 2.24) is 29.5 Å². The van der Waals surface area contributed by atoms with E-state index in [-0.39, 0.29) is 22.6 Å². The smallest absolute Gasteiger partial charge is 0.359 e. The third-order valence-electron chi connectivity index (χ3n) is 4.97. The van der Waals surface area contributed by atoms with Crippen molar-refractivity contribution in [2.24, 2.45) is 5.92 Å². The third kappa shape index (κ3) is 5.16. The fourth-order valence-corrected chi connectivity index (χ4v) is 3.07. The van der Waals surface area contributed by atoms with E-state index in [1.165, 1.54) is 18.5 Å². The number of H-pyrrole nitrogens is 2. The van der Waals surface area contributed by atoms with Gasteiger partial charge in [0.15, 0.2) is 5.65 Å². The van der Waals surface area contributed by atoms with Gasteiger partial charge in [-0.2, -0.15) is 31.4 Å². The Kier molecular flexibility index (Phi) is 6.19. The van der Waals surface area contributed by atoms with E-state index >= 15 is 0 Å². The normalized spacial score (nSPS) is 13.1. The van der Waals surface area contributed by atoms with Crippen LogP contribution in [0.1, 0.15) is 12.5 Å². The minimum absolute atomic E-state index is 0.0147. The molecule has 0 amide bonds. The summed E-state index contributed by atoms with van der Waals surface area (Å²) in [6.45, 7) is 0.0637. The highest BCUT2D eigenvalue weighted by Crippen LogP contribution is 2.32. The van der Waals surface area contributed by atoms with Crippen LogP contribution in [0.5, 0.6) is 5.88 Å². The molecule has 4 rings (SSSR count). The van der Waals surface area contributed by atoms with E-state index in [0.29, 0.717) is 12.3 Å². The molecule has 4 aromatic heterocycles. The zero-order valence-corrected chi connectivity index (χ0v) is 18.1. The molecule has 0 fully saturated rings. The molecule has 4 aromatic rings. The molecule has 0 aliphatic heterocycles. The second-order valence-electron chi connectivity index (χ2n) is 7.57. The number of hydroxylamine groups is 1.